The molecule has 9 nitrogen and oxygen atoms in total. The third-order valence-corrected chi connectivity index (χ3v) is 5.11. The van der Waals surface area contributed by atoms with Gasteiger partial charge in [0.25, 0.3) is 0 Å². The van der Waals surface area contributed by atoms with Crippen molar-refractivity contribution in [3.63, 3.8) is 0 Å². The van der Waals surface area contributed by atoms with Gasteiger partial charge in [-0.15, -0.1) is 0 Å². The van der Waals surface area contributed by atoms with Crippen LogP contribution in [0.4, 0.5) is 0 Å². The number of nitrogens with zero attached hydrogens (tertiary/aromatic N) is 2. The van der Waals surface area contributed by atoms with E-state index in [1.165, 1.54) is 11.4 Å². The lowest BCUT2D eigenvalue weighted by molar-refractivity contribution is -0.0208. The Hall–Kier alpha value is -1.72. The first kappa shape index (κ1) is 25.9. The molecule has 3 rings (SSSR count). The molecule has 0 saturated carbocycles. The Labute approximate surface area is 196 Å². The fourth-order valence-corrected chi connectivity index (χ4v) is 3.43. The smallest absolute Gasteiger partial charge is 0.0701 e. The standard InChI is InChI=1S/C24H38N2O7/c1-3-23-24-4-2-6-26(24)8-10-28-12-14-30-16-18-32-20-22-33-21-19-31-17-15-29-13-11-27-9-7-25(23)5-1/h1-6H,7-22H2. The molecule has 0 amide bonds. The Morgan fingerprint density at radius 3 is 0.970 bits per heavy atom. The van der Waals surface area contributed by atoms with Gasteiger partial charge in [-0.3, -0.25) is 0 Å². The van der Waals surface area contributed by atoms with Crippen LogP contribution in [0.1, 0.15) is 0 Å². The highest BCUT2D eigenvalue weighted by atomic mass is 16.6. The molecule has 186 valence electrons. The van der Waals surface area contributed by atoms with Crippen LogP contribution in [0, 0.1) is 0 Å². The van der Waals surface area contributed by atoms with E-state index in [2.05, 4.69) is 45.8 Å². The molecule has 0 fully saturated rings. The highest BCUT2D eigenvalue weighted by Crippen LogP contribution is 2.21. The van der Waals surface area contributed by atoms with Crippen molar-refractivity contribution in [3.05, 3.63) is 36.7 Å². The molecule has 0 radical (unpaired) electrons. The van der Waals surface area contributed by atoms with Crippen molar-refractivity contribution >= 4 is 0 Å². The van der Waals surface area contributed by atoms with Gasteiger partial charge < -0.3 is 42.3 Å². The Balaban J connectivity index is 1.43. The second kappa shape index (κ2) is 16.8. The van der Waals surface area contributed by atoms with Gasteiger partial charge in [0.15, 0.2) is 0 Å². The fourth-order valence-electron chi connectivity index (χ4n) is 3.43. The summed E-state index contributed by atoms with van der Waals surface area (Å²) in [5, 5.41) is 0. The van der Waals surface area contributed by atoms with Gasteiger partial charge in [-0.2, -0.15) is 0 Å². The van der Waals surface area contributed by atoms with Crippen LogP contribution in [0.2, 0.25) is 0 Å². The van der Waals surface area contributed by atoms with Gasteiger partial charge in [-0.1, -0.05) is 0 Å². The lowest BCUT2D eigenvalue weighted by Gasteiger charge is -2.13. The molecule has 33 heavy (non-hydrogen) atoms. The Morgan fingerprint density at radius 1 is 0.394 bits per heavy atom. The lowest BCUT2D eigenvalue weighted by atomic mass is 10.3. The Morgan fingerprint density at radius 2 is 0.667 bits per heavy atom. The van der Waals surface area contributed by atoms with E-state index in [1.54, 1.807) is 0 Å². The summed E-state index contributed by atoms with van der Waals surface area (Å²) in [7, 11) is 0. The zero-order valence-corrected chi connectivity index (χ0v) is 19.5. The van der Waals surface area contributed by atoms with Crippen molar-refractivity contribution in [2.45, 2.75) is 13.1 Å². The van der Waals surface area contributed by atoms with E-state index < -0.39 is 0 Å². The zero-order chi connectivity index (χ0) is 22.8. The molecule has 0 bridgehead atoms. The van der Waals surface area contributed by atoms with E-state index in [1.807, 2.05) is 0 Å². The average molecular weight is 467 g/mol. The number of ether oxygens (including phenoxy) is 7. The predicted molar refractivity (Wildman–Crippen MR) is 124 cm³/mol. The van der Waals surface area contributed by atoms with Crippen molar-refractivity contribution in [3.8, 4) is 11.4 Å². The lowest BCUT2D eigenvalue weighted by Crippen LogP contribution is -2.15. The third-order valence-electron chi connectivity index (χ3n) is 5.11. The number of hydrogen-bond donors (Lipinski definition) is 0. The highest BCUT2D eigenvalue weighted by Gasteiger charge is 2.09. The number of fused-ring (bicyclic) bond motifs is 3. The summed E-state index contributed by atoms with van der Waals surface area (Å²) in [6.45, 7) is 9.47. The molecular formula is C24H38N2O7. The molecular weight excluding hydrogens is 428 g/mol. The van der Waals surface area contributed by atoms with E-state index in [-0.39, 0.29) is 0 Å². The second-order valence-corrected chi connectivity index (χ2v) is 7.46. The van der Waals surface area contributed by atoms with Gasteiger partial charge >= 0.3 is 0 Å². The maximum Gasteiger partial charge on any atom is 0.0701 e. The van der Waals surface area contributed by atoms with E-state index in [4.69, 9.17) is 33.2 Å². The number of hydrogen-bond acceptors (Lipinski definition) is 7. The fraction of sp³-hybridized carbons (Fsp3) is 0.667. The molecule has 1 aliphatic heterocycles. The summed E-state index contributed by atoms with van der Waals surface area (Å²) in [5.41, 5.74) is 2.34. The molecule has 1 aliphatic rings. The van der Waals surface area contributed by atoms with Crippen LogP contribution in [0.3, 0.4) is 0 Å². The molecule has 0 N–H and O–H groups in total. The summed E-state index contributed by atoms with van der Waals surface area (Å²) in [6.07, 6.45) is 4.17. The molecule has 0 aromatic carbocycles. The summed E-state index contributed by atoms with van der Waals surface area (Å²) in [6, 6.07) is 8.40. The Bertz CT molecular complexity index is 674. The molecule has 0 unspecified atom stereocenters. The molecule has 3 heterocycles. The van der Waals surface area contributed by atoms with Crippen LogP contribution in [0.5, 0.6) is 0 Å². The largest absolute Gasteiger partial charge is 0.377 e. The summed E-state index contributed by atoms with van der Waals surface area (Å²) >= 11 is 0. The first-order valence-electron chi connectivity index (χ1n) is 11.8. The van der Waals surface area contributed by atoms with Gasteiger partial charge in [0.05, 0.1) is 104 Å². The van der Waals surface area contributed by atoms with Crippen LogP contribution in [0.25, 0.3) is 11.4 Å². The van der Waals surface area contributed by atoms with E-state index in [0.29, 0.717) is 92.5 Å². The highest BCUT2D eigenvalue weighted by molar-refractivity contribution is 5.56. The molecule has 2 aromatic heterocycles. The average Bonchev–Trinajstić information content (AvgIpc) is 3.48. The third kappa shape index (κ3) is 10.4. The molecule has 0 spiro atoms. The van der Waals surface area contributed by atoms with Gasteiger partial charge in [0.1, 0.15) is 0 Å². The summed E-state index contributed by atoms with van der Waals surface area (Å²) in [4.78, 5) is 0. The van der Waals surface area contributed by atoms with Crippen LogP contribution >= 0.6 is 0 Å². The van der Waals surface area contributed by atoms with Gasteiger partial charge in [0.2, 0.25) is 0 Å². The van der Waals surface area contributed by atoms with E-state index in [9.17, 15) is 0 Å². The maximum atomic E-state index is 5.74. The topological polar surface area (TPSA) is 74.5 Å². The molecule has 2 aromatic rings. The second-order valence-electron chi connectivity index (χ2n) is 7.46. The van der Waals surface area contributed by atoms with Crippen molar-refractivity contribution in [1.29, 1.82) is 0 Å². The normalized spacial score (nSPS) is 20.4. The predicted octanol–water partition coefficient (Wildman–Crippen LogP) is 2.09. The maximum absolute atomic E-state index is 5.74. The minimum Gasteiger partial charge on any atom is -0.377 e. The quantitative estimate of drug-likeness (QED) is 0.589. The summed E-state index contributed by atoms with van der Waals surface area (Å²) in [5.74, 6) is 0. The van der Waals surface area contributed by atoms with E-state index >= 15 is 0 Å². The SMILES string of the molecule is c1cc2n(c1)CCOCCOCCOCCOCCOCCOCCOCCn1cccc1-2. The molecule has 0 saturated heterocycles. The van der Waals surface area contributed by atoms with Crippen LogP contribution < -0.4 is 0 Å². The molecule has 0 atom stereocenters. The van der Waals surface area contributed by atoms with Gasteiger partial charge in [-0.25, -0.2) is 0 Å². The minimum atomic E-state index is 0.547. The Kier molecular flexibility index (Phi) is 13.2. The first-order valence-corrected chi connectivity index (χ1v) is 11.8. The van der Waals surface area contributed by atoms with Crippen molar-refractivity contribution in [1.82, 2.24) is 9.13 Å². The minimum absolute atomic E-state index is 0.547. The van der Waals surface area contributed by atoms with Gasteiger partial charge in [-0.05, 0) is 24.3 Å². The molecule has 9 heteroatoms. The van der Waals surface area contributed by atoms with Crippen LogP contribution in [-0.2, 0) is 46.2 Å². The van der Waals surface area contributed by atoms with Crippen LogP contribution in [0.15, 0.2) is 36.7 Å². The zero-order valence-electron chi connectivity index (χ0n) is 19.5. The van der Waals surface area contributed by atoms with Crippen LogP contribution in [-0.4, -0.2) is 102 Å². The summed E-state index contributed by atoms with van der Waals surface area (Å²) < 4.78 is 43.5. The number of aromatic nitrogens is 2. The van der Waals surface area contributed by atoms with E-state index in [0.717, 1.165) is 13.1 Å². The van der Waals surface area contributed by atoms with Crippen molar-refractivity contribution in [2.24, 2.45) is 0 Å². The monoisotopic (exact) mass is 466 g/mol. The number of rotatable bonds is 0. The molecule has 0 aliphatic carbocycles. The first-order chi connectivity index (χ1) is 16.4. The van der Waals surface area contributed by atoms with Crippen molar-refractivity contribution < 1.29 is 33.2 Å². The van der Waals surface area contributed by atoms with Gasteiger partial charge in [0, 0.05) is 25.5 Å². The van der Waals surface area contributed by atoms with Crippen molar-refractivity contribution in [2.75, 3.05) is 92.5 Å².